The predicted molar refractivity (Wildman–Crippen MR) is 67.6 cm³/mol. The molecule has 3 rings (SSSR count). The predicted octanol–water partition coefficient (Wildman–Crippen LogP) is 1.52. The van der Waals surface area contributed by atoms with E-state index in [2.05, 4.69) is 10.4 Å². The highest BCUT2D eigenvalue weighted by molar-refractivity contribution is 6.02. The van der Waals surface area contributed by atoms with Crippen molar-refractivity contribution in [3.05, 3.63) is 36.5 Å². The Hall–Kier alpha value is -2.63. The highest BCUT2D eigenvalue weighted by atomic mass is 16.4. The number of hydrogen-bond donors (Lipinski definition) is 2. The molecule has 2 heterocycles. The van der Waals surface area contributed by atoms with Crippen LogP contribution in [0.2, 0.25) is 0 Å². The number of carboxylic acids is 1. The van der Waals surface area contributed by atoms with E-state index >= 15 is 0 Å². The Morgan fingerprint density at radius 3 is 2.79 bits per heavy atom. The molecule has 0 saturated carbocycles. The first kappa shape index (κ1) is 11.5. The number of aliphatic carboxylic acids is 1. The lowest BCUT2D eigenvalue weighted by atomic mass is 10.1. The molecule has 0 fully saturated rings. The van der Waals surface area contributed by atoms with E-state index in [1.54, 1.807) is 6.20 Å². The molecule has 1 unspecified atom stereocenters. The fourth-order valence-electron chi connectivity index (χ4n) is 2.21. The Labute approximate surface area is 108 Å². The summed E-state index contributed by atoms with van der Waals surface area (Å²) in [6.07, 6.45) is 1.37. The maximum Gasteiger partial charge on any atom is 0.306 e. The third kappa shape index (κ3) is 1.87. The Morgan fingerprint density at radius 2 is 2.11 bits per heavy atom. The van der Waals surface area contributed by atoms with E-state index in [0.717, 1.165) is 11.1 Å². The van der Waals surface area contributed by atoms with Crippen molar-refractivity contribution in [2.75, 3.05) is 5.32 Å². The highest BCUT2D eigenvalue weighted by Gasteiger charge is 2.34. The van der Waals surface area contributed by atoms with Crippen LogP contribution in [0.3, 0.4) is 0 Å². The lowest BCUT2D eigenvalue weighted by Gasteiger charge is -2.04. The number of rotatable bonds is 3. The maximum absolute atomic E-state index is 11.8. The number of aromatic nitrogens is 2. The van der Waals surface area contributed by atoms with Crippen LogP contribution in [0.15, 0.2) is 36.5 Å². The number of benzene rings is 1. The highest BCUT2D eigenvalue weighted by Crippen LogP contribution is 2.35. The Bertz CT molecular complexity index is 648. The van der Waals surface area contributed by atoms with Crippen LogP contribution in [-0.2, 0) is 9.59 Å². The molecule has 2 aromatic rings. The number of amides is 1. The average molecular weight is 257 g/mol. The van der Waals surface area contributed by atoms with Crippen molar-refractivity contribution in [3.8, 4) is 11.1 Å². The van der Waals surface area contributed by atoms with Crippen LogP contribution in [-0.4, -0.2) is 26.8 Å². The molecular weight excluding hydrogens is 246 g/mol. The minimum absolute atomic E-state index is 0.269. The minimum atomic E-state index is -1.02. The molecule has 0 radical (unpaired) electrons. The van der Waals surface area contributed by atoms with Crippen molar-refractivity contribution in [3.63, 3.8) is 0 Å². The van der Waals surface area contributed by atoms with Gasteiger partial charge in [-0.1, -0.05) is 30.3 Å². The lowest BCUT2D eigenvalue weighted by Crippen LogP contribution is -2.19. The van der Waals surface area contributed by atoms with Crippen LogP contribution >= 0.6 is 0 Å². The largest absolute Gasteiger partial charge is 0.481 e. The fourth-order valence-corrected chi connectivity index (χ4v) is 2.21. The Morgan fingerprint density at radius 1 is 1.37 bits per heavy atom. The van der Waals surface area contributed by atoms with Gasteiger partial charge in [0.15, 0.2) is 0 Å². The fraction of sp³-hybridized carbons (Fsp3) is 0.154. The number of carbonyl (C=O) groups is 2. The van der Waals surface area contributed by atoms with Crippen molar-refractivity contribution in [2.24, 2.45) is 0 Å². The summed E-state index contributed by atoms with van der Waals surface area (Å²) in [5.74, 6) is -0.796. The number of nitrogens with one attached hydrogen (secondary N) is 1. The number of nitrogens with zero attached hydrogens (tertiary/aromatic N) is 2. The van der Waals surface area contributed by atoms with E-state index in [0.29, 0.717) is 5.82 Å². The number of hydrogen-bond acceptors (Lipinski definition) is 3. The standard InChI is InChI=1S/C13H11N3O3/c17-11(18)6-10-13(19)15-12-9(7-14-16(10)12)8-4-2-1-3-5-8/h1-5,7,10H,6H2,(H,15,19)(H,17,18). The molecule has 6 heteroatoms. The second kappa shape index (κ2) is 4.24. The minimum Gasteiger partial charge on any atom is -0.481 e. The van der Waals surface area contributed by atoms with Crippen LogP contribution < -0.4 is 5.32 Å². The van der Waals surface area contributed by atoms with Gasteiger partial charge >= 0.3 is 5.97 Å². The van der Waals surface area contributed by atoms with Gasteiger partial charge in [0, 0.05) is 5.56 Å². The Kier molecular flexibility index (Phi) is 2.56. The number of carboxylic acid groups (broad SMARTS) is 1. The van der Waals surface area contributed by atoms with Crippen molar-refractivity contribution >= 4 is 17.7 Å². The van der Waals surface area contributed by atoms with Gasteiger partial charge in [0.25, 0.3) is 5.91 Å². The van der Waals surface area contributed by atoms with Gasteiger partial charge in [-0.2, -0.15) is 5.10 Å². The SMILES string of the molecule is O=C(O)CC1C(=O)Nc2c(-c3ccccc3)cnn21. The van der Waals surface area contributed by atoms with Crippen LogP contribution in [0.1, 0.15) is 12.5 Å². The first-order valence-corrected chi connectivity index (χ1v) is 5.82. The third-order valence-corrected chi connectivity index (χ3v) is 3.09. The summed E-state index contributed by atoms with van der Waals surface area (Å²) in [7, 11) is 0. The second-order valence-corrected chi connectivity index (χ2v) is 4.32. The van der Waals surface area contributed by atoms with E-state index < -0.39 is 12.0 Å². The van der Waals surface area contributed by atoms with Gasteiger partial charge in [-0.25, -0.2) is 4.68 Å². The molecule has 0 aliphatic carbocycles. The first-order valence-electron chi connectivity index (χ1n) is 5.82. The first-order chi connectivity index (χ1) is 9.16. The number of anilines is 1. The molecule has 1 aliphatic heterocycles. The maximum atomic E-state index is 11.8. The lowest BCUT2D eigenvalue weighted by molar-refractivity contribution is -0.139. The monoisotopic (exact) mass is 257 g/mol. The smallest absolute Gasteiger partial charge is 0.306 e. The quantitative estimate of drug-likeness (QED) is 0.873. The van der Waals surface area contributed by atoms with Crippen molar-refractivity contribution in [1.82, 2.24) is 9.78 Å². The molecule has 1 amide bonds. The van der Waals surface area contributed by atoms with Gasteiger partial charge in [0.05, 0.1) is 12.6 Å². The zero-order chi connectivity index (χ0) is 13.4. The van der Waals surface area contributed by atoms with Gasteiger partial charge in [-0.05, 0) is 5.56 Å². The molecule has 1 aromatic carbocycles. The zero-order valence-electron chi connectivity index (χ0n) is 9.91. The van der Waals surface area contributed by atoms with Gasteiger partial charge in [-0.3, -0.25) is 9.59 Å². The van der Waals surface area contributed by atoms with Crippen molar-refractivity contribution in [2.45, 2.75) is 12.5 Å². The van der Waals surface area contributed by atoms with Crippen LogP contribution in [0.5, 0.6) is 0 Å². The molecule has 1 atom stereocenters. The van der Waals surface area contributed by atoms with Gasteiger partial charge < -0.3 is 10.4 Å². The van der Waals surface area contributed by atoms with Gasteiger partial charge in [0.1, 0.15) is 11.9 Å². The third-order valence-electron chi connectivity index (χ3n) is 3.09. The zero-order valence-corrected chi connectivity index (χ0v) is 9.91. The van der Waals surface area contributed by atoms with Crippen LogP contribution in [0.4, 0.5) is 5.82 Å². The molecular formula is C13H11N3O3. The number of carbonyl (C=O) groups excluding carboxylic acids is 1. The average Bonchev–Trinajstić information content (AvgIpc) is 2.91. The van der Waals surface area contributed by atoms with E-state index in [1.165, 1.54) is 4.68 Å². The summed E-state index contributed by atoms with van der Waals surface area (Å²) < 4.78 is 1.44. The molecule has 1 aliphatic rings. The Balaban J connectivity index is 2.02. The van der Waals surface area contributed by atoms with Crippen molar-refractivity contribution in [1.29, 1.82) is 0 Å². The van der Waals surface area contributed by atoms with Crippen molar-refractivity contribution < 1.29 is 14.7 Å². The molecule has 19 heavy (non-hydrogen) atoms. The molecule has 0 bridgehead atoms. The molecule has 6 nitrogen and oxygen atoms in total. The molecule has 0 saturated heterocycles. The van der Waals surface area contributed by atoms with E-state index in [1.807, 2.05) is 30.3 Å². The van der Waals surface area contributed by atoms with E-state index in [9.17, 15) is 9.59 Å². The number of fused-ring (bicyclic) bond motifs is 1. The molecule has 1 aromatic heterocycles. The van der Waals surface area contributed by atoms with Crippen LogP contribution in [0, 0.1) is 0 Å². The van der Waals surface area contributed by atoms with Gasteiger partial charge in [0.2, 0.25) is 0 Å². The van der Waals surface area contributed by atoms with Gasteiger partial charge in [-0.15, -0.1) is 0 Å². The summed E-state index contributed by atoms with van der Waals surface area (Å²) in [6, 6.07) is 8.74. The van der Waals surface area contributed by atoms with E-state index in [4.69, 9.17) is 5.11 Å². The summed E-state index contributed by atoms with van der Waals surface area (Å²) in [6.45, 7) is 0. The molecule has 96 valence electrons. The molecule has 2 N–H and O–H groups in total. The topological polar surface area (TPSA) is 84.2 Å². The van der Waals surface area contributed by atoms with Crippen LogP contribution in [0.25, 0.3) is 11.1 Å². The summed E-state index contributed by atoms with van der Waals surface area (Å²) in [5, 5.41) is 15.6. The van der Waals surface area contributed by atoms with E-state index in [-0.39, 0.29) is 12.3 Å². The molecule has 0 spiro atoms. The summed E-state index contributed by atoms with van der Waals surface area (Å²) in [5.41, 5.74) is 1.72. The normalized spacial score (nSPS) is 17.1. The summed E-state index contributed by atoms with van der Waals surface area (Å²) >= 11 is 0. The second-order valence-electron chi connectivity index (χ2n) is 4.32. The summed E-state index contributed by atoms with van der Waals surface area (Å²) in [4.78, 5) is 22.5.